The highest BCUT2D eigenvalue weighted by Crippen LogP contribution is 2.23. The van der Waals surface area contributed by atoms with E-state index >= 15 is 0 Å². The van der Waals surface area contributed by atoms with Crippen molar-refractivity contribution in [1.82, 2.24) is 10.7 Å². The van der Waals surface area contributed by atoms with Crippen LogP contribution >= 0.6 is 0 Å². The second-order valence-corrected chi connectivity index (χ2v) is 8.30. The van der Waals surface area contributed by atoms with Crippen LogP contribution in [0, 0.1) is 12.8 Å². The maximum atomic E-state index is 12.7. The lowest BCUT2D eigenvalue weighted by Crippen LogP contribution is -2.48. The van der Waals surface area contributed by atoms with E-state index in [0.717, 1.165) is 5.56 Å². The zero-order valence-corrected chi connectivity index (χ0v) is 20.2. The topological polar surface area (TPSA) is 110 Å². The van der Waals surface area contributed by atoms with Crippen LogP contribution in [0.4, 0.5) is 0 Å². The van der Waals surface area contributed by atoms with Gasteiger partial charge in [-0.3, -0.25) is 9.59 Å². The van der Waals surface area contributed by atoms with Crippen molar-refractivity contribution in [2.45, 2.75) is 33.7 Å². The minimum atomic E-state index is -0.766. The summed E-state index contributed by atoms with van der Waals surface area (Å²) in [6.07, 6.45) is 1.37. The molecule has 8 heteroatoms. The molecule has 0 bridgehead atoms. The number of esters is 1. The first-order valence-electron chi connectivity index (χ1n) is 11.4. The van der Waals surface area contributed by atoms with Gasteiger partial charge < -0.3 is 14.5 Å². The Labute approximate surface area is 204 Å². The van der Waals surface area contributed by atoms with Crippen molar-refractivity contribution in [3.05, 3.63) is 83.1 Å². The number of carbonyl (C=O) groups is 3. The third kappa shape index (κ3) is 6.89. The second kappa shape index (κ2) is 11.8. The van der Waals surface area contributed by atoms with Gasteiger partial charge in [0.05, 0.1) is 18.4 Å². The number of carbonyl (C=O) groups excluding carboxylic acids is 3. The van der Waals surface area contributed by atoms with Gasteiger partial charge in [-0.1, -0.05) is 43.7 Å². The number of benzene rings is 2. The fourth-order valence-electron chi connectivity index (χ4n) is 3.37. The van der Waals surface area contributed by atoms with Gasteiger partial charge in [-0.2, -0.15) is 5.10 Å². The van der Waals surface area contributed by atoms with Crippen molar-refractivity contribution in [3.8, 4) is 11.3 Å². The lowest BCUT2D eigenvalue weighted by atomic mass is 10.0. The quantitative estimate of drug-likeness (QED) is 0.272. The minimum Gasteiger partial charge on any atom is -0.462 e. The highest BCUT2D eigenvalue weighted by atomic mass is 16.5. The number of nitrogens with one attached hydrogen (secondary N) is 2. The predicted molar refractivity (Wildman–Crippen MR) is 133 cm³/mol. The molecule has 8 nitrogen and oxygen atoms in total. The molecule has 3 rings (SSSR count). The number of hydrogen-bond donors (Lipinski definition) is 2. The minimum absolute atomic E-state index is 0.152. The highest BCUT2D eigenvalue weighted by molar-refractivity contribution is 5.98. The smallest absolute Gasteiger partial charge is 0.338 e. The van der Waals surface area contributed by atoms with Crippen molar-refractivity contribution in [1.29, 1.82) is 0 Å². The summed E-state index contributed by atoms with van der Waals surface area (Å²) in [7, 11) is 0. The van der Waals surface area contributed by atoms with Crippen LogP contribution in [0.5, 0.6) is 0 Å². The summed E-state index contributed by atoms with van der Waals surface area (Å²) in [6.45, 7) is 7.63. The van der Waals surface area contributed by atoms with Gasteiger partial charge in [0.2, 0.25) is 0 Å². The number of furan rings is 1. The number of hydrogen-bond acceptors (Lipinski definition) is 6. The Hall–Kier alpha value is -4.20. The molecule has 0 saturated heterocycles. The second-order valence-electron chi connectivity index (χ2n) is 8.30. The Morgan fingerprint density at radius 2 is 1.77 bits per heavy atom. The standard InChI is InChI=1S/C27H29N3O5/c1-5-34-27(33)21-11-7-9-19(15-21)23-13-12-22(35-23)16-28-30-26(32)24(17(2)3)29-25(31)20-10-6-8-18(4)14-20/h6-17,24H,5H2,1-4H3,(H,29,31)(H,30,32)/b28-16+/t24-/m1/s1. The van der Waals surface area contributed by atoms with Gasteiger partial charge >= 0.3 is 5.97 Å². The summed E-state index contributed by atoms with van der Waals surface area (Å²) in [5.74, 6) is -0.375. The van der Waals surface area contributed by atoms with Gasteiger partial charge in [0.15, 0.2) is 0 Å². The zero-order chi connectivity index (χ0) is 25.4. The summed E-state index contributed by atoms with van der Waals surface area (Å²) in [4.78, 5) is 37.2. The van der Waals surface area contributed by atoms with Gasteiger partial charge in [-0.05, 0) is 56.2 Å². The average molecular weight is 476 g/mol. The molecule has 3 aromatic rings. The molecular formula is C27H29N3O5. The molecule has 0 radical (unpaired) electrons. The number of rotatable bonds is 9. The largest absolute Gasteiger partial charge is 0.462 e. The lowest BCUT2D eigenvalue weighted by molar-refractivity contribution is -0.123. The lowest BCUT2D eigenvalue weighted by Gasteiger charge is -2.20. The summed E-state index contributed by atoms with van der Waals surface area (Å²) in [6, 6.07) is 16.7. The molecular weight excluding hydrogens is 446 g/mol. The number of nitrogens with zero attached hydrogens (tertiary/aromatic N) is 1. The molecule has 0 aliphatic heterocycles. The first-order valence-corrected chi connectivity index (χ1v) is 11.4. The van der Waals surface area contributed by atoms with Gasteiger partial charge in [0.1, 0.15) is 17.6 Å². The first-order chi connectivity index (χ1) is 16.8. The van der Waals surface area contributed by atoms with E-state index in [0.29, 0.717) is 34.8 Å². The molecule has 0 unspecified atom stereocenters. The van der Waals surface area contributed by atoms with Crippen molar-refractivity contribution >= 4 is 24.0 Å². The molecule has 35 heavy (non-hydrogen) atoms. The number of aryl methyl sites for hydroxylation is 1. The average Bonchev–Trinajstić information content (AvgIpc) is 3.31. The van der Waals surface area contributed by atoms with Crippen molar-refractivity contribution < 1.29 is 23.5 Å². The molecule has 0 saturated carbocycles. The van der Waals surface area contributed by atoms with Crippen LogP contribution in [0.15, 0.2) is 70.2 Å². The Morgan fingerprint density at radius 3 is 2.49 bits per heavy atom. The van der Waals surface area contributed by atoms with E-state index in [4.69, 9.17) is 9.15 Å². The molecule has 0 aliphatic carbocycles. The Morgan fingerprint density at radius 1 is 1.03 bits per heavy atom. The number of hydrazone groups is 1. The maximum absolute atomic E-state index is 12.7. The van der Waals surface area contributed by atoms with Gasteiger partial charge in [-0.25, -0.2) is 10.2 Å². The zero-order valence-electron chi connectivity index (χ0n) is 20.2. The monoisotopic (exact) mass is 475 g/mol. The van der Waals surface area contributed by atoms with Crippen molar-refractivity contribution in [2.75, 3.05) is 6.61 Å². The SMILES string of the molecule is CCOC(=O)c1cccc(-c2ccc(/C=N/NC(=O)[C@H](NC(=O)c3cccc(C)c3)C(C)C)o2)c1. The molecule has 2 aromatic carbocycles. The van der Waals surface area contributed by atoms with E-state index in [1.54, 1.807) is 55.5 Å². The molecule has 1 atom stereocenters. The fourth-order valence-corrected chi connectivity index (χ4v) is 3.37. The number of amides is 2. The summed E-state index contributed by atoms with van der Waals surface area (Å²) >= 11 is 0. The molecule has 0 spiro atoms. The first kappa shape index (κ1) is 25.4. The predicted octanol–water partition coefficient (Wildman–Crippen LogP) is 4.34. The maximum Gasteiger partial charge on any atom is 0.338 e. The summed E-state index contributed by atoms with van der Waals surface area (Å²) in [5.41, 5.74) is 5.04. The normalized spacial score (nSPS) is 11.9. The molecule has 0 aliphatic rings. The van der Waals surface area contributed by atoms with Crippen LogP contribution in [0.3, 0.4) is 0 Å². The Bertz CT molecular complexity index is 1230. The highest BCUT2D eigenvalue weighted by Gasteiger charge is 2.24. The van der Waals surface area contributed by atoms with Gasteiger partial charge in [0.25, 0.3) is 11.8 Å². The van der Waals surface area contributed by atoms with Crippen LogP contribution in [0.2, 0.25) is 0 Å². The summed E-state index contributed by atoms with van der Waals surface area (Å²) in [5, 5.41) is 6.74. The van der Waals surface area contributed by atoms with E-state index in [-0.39, 0.29) is 11.8 Å². The Balaban J connectivity index is 1.63. The fraction of sp³-hybridized carbons (Fsp3) is 0.259. The third-order valence-corrected chi connectivity index (χ3v) is 5.17. The molecule has 1 aromatic heterocycles. The molecule has 1 heterocycles. The Kier molecular flexibility index (Phi) is 8.56. The summed E-state index contributed by atoms with van der Waals surface area (Å²) < 4.78 is 10.8. The van der Waals surface area contributed by atoms with E-state index in [1.807, 2.05) is 32.9 Å². The van der Waals surface area contributed by atoms with Crippen molar-refractivity contribution in [2.24, 2.45) is 11.0 Å². The molecule has 182 valence electrons. The van der Waals surface area contributed by atoms with Crippen molar-refractivity contribution in [3.63, 3.8) is 0 Å². The molecule has 2 amide bonds. The number of ether oxygens (including phenoxy) is 1. The van der Waals surface area contributed by atoms with E-state index in [2.05, 4.69) is 15.8 Å². The van der Waals surface area contributed by atoms with E-state index in [9.17, 15) is 14.4 Å². The van der Waals surface area contributed by atoms with Crippen LogP contribution in [-0.4, -0.2) is 36.6 Å². The van der Waals surface area contributed by atoms with Crippen LogP contribution < -0.4 is 10.7 Å². The molecule has 0 fully saturated rings. The van der Waals surface area contributed by atoms with Gasteiger partial charge in [0, 0.05) is 11.1 Å². The van der Waals surface area contributed by atoms with Crippen LogP contribution in [-0.2, 0) is 9.53 Å². The third-order valence-electron chi connectivity index (χ3n) is 5.17. The van der Waals surface area contributed by atoms with Crippen LogP contribution in [0.1, 0.15) is 52.8 Å². The van der Waals surface area contributed by atoms with E-state index in [1.165, 1.54) is 6.21 Å². The van der Waals surface area contributed by atoms with Crippen LogP contribution in [0.25, 0.3) is 11.3 Å². The van der Waals surface area contributed by atoms with E-state index < -0.39 is 17.9 Å². The van der Waals surface area contributed by atoms with Gasteiger partial charge in [-0.15, -0.1) is 0 Å². The molecule has 2 N–H and O–H groups in total.